The molecule has 6 nitrogen and oxygen atoms in total. The molecule has 0 radical (unpaired) electrons. The van der Waals surface area contributed by atoms with Gasteiger partial charge in [0.1, 0.15) is 23.0 Å². The third-order valence-corrected chi connectivity index (χ3v) is 5.36. The van der Waals surface area contributed by atoms with Crippen molar-refractivity contribution >= 4 is 28.4 Å². The molecule has 7 heteroatoms. The highest BCUT2D eigenvalue weighted by Gasteiger charge is 2.19. The van der Waals surface area contributed by atoms with Crippen molar-refractivity contribution < 1.29 is 9.18 Å². The molecule has 4 aromatic rings. The Bertz CT molecular complexity index is 1210. The normalized spacial score (nSPS) is 13.3. The van der Waals surface area contributed by atoms with Crippen molar-refractivity contribution in [2.24, 2.45) is 0 Å². The molecule has 1 saturated heterocycles. The number of nitrogens with one attached hydrogen (secondary N) is 1. The Labute approximate surface area is 173 Å². The number of halogens is 1. The number of carbonyl (C=O) groups is 1. The van der Waals surface area contributed by atoms with Crippen molar-refractivity contribution in [1.82, 2.24) is 14.5 Å². The van der Waals surface area contributed by atoms with Gasteiger partial charge in [-0.15, -0.1) is 0 Å². The van der Waals surface area contributed by atoms with Gasteiger partial charge in [-0.1, -0.05) is 18.2 Å². The maximum absolute atomic E-state index is 14.3. The van der Waals surface area contributed by atoms with E-state index in [1.165, 1.54) is 12.5 Å². The van der Waals surface area contributed by atoms with Crippen LogP contribution in [0.25, 0.3) is 11.0 Å². The number of benzene rings is 1. The first-order valence-corrected chi connectivity index (χ1v) is 9.89. The minimum atomic E-state index is -0.313. The van der Waals surface area contributed by atoms with Crippen molar-refractivity contribution in [3.63, 3.8) is 0 Å². The van der Waals surface area contributed by atoms with Crippen LogP contribution in [0.1, 0.15) is 22.5 Å². The molecule has 1 fully saturated rings. The van der Waals surface area contributed by atoms with Crippen LogP contribution in [-0.2, 0) is 6.54 Å². The molecule has 5 rings (SSSR count). The minimum Gasteiger partial charge on any atom is -0.356 e. The second kappa shape index (κ2) is 7.59. The molecule has 0 unspecified atom stereocenters. The highest BCUT2D eigenvalue weighted by atomic mass is 19.1. The first-order valence-electron chi connectivity index (χ1n) is 9.89. The third kappa shape index (κ3) is 3.39. The van der Waals surface area contributed by atoms with Crippen LogP contribution in [-0.4, -0.2) is 33.5 Å². The summed E-state index contributed by atoms with van der Waals surface area (Å²) >= 11 is 0. The predicted molar refractivity (Wildman–Crippen MR) is 114 cm³/mol. The molecule has 0 atom stereocenters. The number of carbonyl (C=O) groups excluding carboxylic acids is 1. The monoisotopic (exact) mass is 401 g/mol. The van der Waals surface area contributed by atoms with E-state index in [4.69, 9.17) is 0 Å². The van der Waals surface area contributed by atoms with Crippen molar-refractivity contribution in [2.75, 3.05) is 23.3 Å². The first kappa shape index (κ1) is 18.3. The fourth-order valence-corrected chi connectivity index (χ4v) is 3.62. The van der Waals surface area contributed by atoms with E-state index in [-0.39, 0.29) is 18.3 Å². The lowest BCUT2D eigenvalue weighted by molar-refractivity contribution is 0.101. The van der Waals surface area contributed by atoms with Crippen molar-refractivity contribution in [2.45, 2.75) is 13.0 Å². The van der Waals surface area contributed by atoms with Gasteiger partial charge in [0, 0.05) is 30.2 Å². The van der Waals surface area contributed by atoms with Crippen LogP contribution in [0.5, 0.6) is 0 Å². The molecule has 1 aliphatic heterocycles. The van der Waals surface area contributed by atoms with Gasteiger partial charge in [0.15, 0.2) is 0 Å². The number of rotatable bonds is 5. The molecule has 0 aliphatic carbocycles. The van der Waals surface area contributed by atoms with E-state index in [1.807, 2.05) is 24.3 Å². The van der Waals surface area contributed by atoms with Gasteiger partial charge in [-0.25, -0.2) is 14.4 Å². The molecule has 1 amide bonds. The molecular weight excluding hydrogens is 381 g/mol. The van der Waals surface area contributed by atoms with Crippen molar-refractivity contribution in [3.05, 3.63) is 84.1 Å². The molecule has 3 aromatic heterocycles. The van der Waals surface area contributed by atoms with Gasteiger partial charge >= 0.3 is 0 Å². The van der Waals surface area contributed by atoms with Crippen LogP contribution in [0.3, 0.4) is 0 Å². The van der Waals surface area contributed by atoms with Crippen LogP contribution in [0, 0.1) is 5.82 Å². The lowest BCUT2D eigenvalue weighted by atomic mass is 10.2. The SMILES string of the molecule is O=C(Nc1ccc(N2CCC2)nc1)c1cc2cccnc2n1Cc1ccccc1F. The second-order valence-electron chi connectivity index (χ2n) is 7.32. The fraction of sp³-hybridized carbons (Fsp3) is 0.174. The average molecular weight is 401 g/mol. The predicted octanol–water partition coefficient (Wildman–Crippen LogP) is 4.08. The van der Waals surface area contributed by atoms with Gasteiger partial charge < -0.3 is 14.8 Å². The Balaban J connectivity index is 1.45. The summed E-state index contributed by atoms with van der Waals surface area (Å²) < 4.78 is 16.0. The van der Waals surface area contributed by atoms with Crippen LogP contribution in [0.4, 0.5) is 15.9 Å². The van der Waals surface area contributed by atoms with Gasteiger partial charge in [-0.3, -0.25) is 4.79 Å². The zero-order chi connectivity index (χ0) is 20.5. The first-order chi connectivity index (χ1) is 14.7. The maximum Gasteiger partial charge on any atom is 0.272 e. The third-order valence-electron chi connectivity index (χ3n) is 5.36. The lowest BCUT2D eigenvalue weighted by Crippen LogP contribution is -2.37. The van der Waals surface area contributed by atoms with Gasteiger partial charge in [-0.05, 0) is 42.8 Å². The summed E-state index contributed by atoms with van der Waals surface area (Å²) in [4.78, 5) is 24.1. The number of fused-ring (bicyclic) bond motifs is 1. The summed E-state index contributed by atoms with van der Waals surface area (Å²) in [5, 5.41) is 3.72. The van der Waals surface area contributed by atoms with E-state index >= 15 is 0 Å². The number of anilines is 2. The maximum atomic E-state index is 14.3. The Morgan fingerprint density at radius 2 is 1.93 bits per heavy atom. The van der Waals surface area contributed by atoms with E-state index < -0.39 is 0 Å². The van der Waals surface area contributed by atoms with Gasteiger partial charge in [0.25, 0.3) is 5.91 Å². The molecule has 150 valence electrons. The molecule has 0 spiro atoms. The van der Waals surface area contributed by atoms with Crippen LogP contribution in [0.15, 0.2) is 67.0 Å². The second-order valence-corrected chi connectivity index (χ2v) is 7.32. The van der Waals surface area contributed by atoms with Gasteiger partial charge in [0.05, 0.1) is 18.4 Å². The number of aromatic nitrogens is 3. The highest BCUT2D eigenvalue weighted by molar-refractivity contribution is 6.06. The smallest absolute Gasteiger partial charge is 0.272 e. The summed E-state index contributed by atoms with van der Waals surface area (Å²) in [6.07, 6.45) is 4.51. The quantitative estimate of drug-likeness (QED) is 0.547. The van der Waals surface area contributed by atoms with Crippen LogP contribution < -0.4 is 10.2 Å². The topological polar surface area (TPSA) is 63.1 Å². The van der Waals surface area contributed by atoms with E-state index in [2.05, 4.69) is 20.2 Å². The van der Waals surface area contributed by atoms with Gasteiger partial charge in [0.2, 0.25) is 0 Å². The standard InChI is InChI=1S/C23H20FN5O/c24-19-7-2-1-5-17(19)15-29-20(13-16-6-3-10-25-22(16)29)23(30)27-18-8-9-21(26-14-18)28-11-4-12-28/h1-3,5-10,13-14H,4,11-12,15H2,(H,27,30). The summed E-state index contributed by atoms with van der Waals surface area (Å²) in [7, 11) is 0. The zero-order valence-electron chi connectivity index (χ0n) is 16.3. The Morgan fingerprint density at radius 1 is 1.07 bits per heavy atom. The summed E-state index contributed by atoms with van der Waals surface area (Å²) in [5.74, 6) is 0.312. The molecule has 0 saturated carbocycles. The molecule has 30 heavy (non-hydrogen) atoms. The largest absolute Gasteiger partial charge is 0.356 e. The summed E-state index contributed by atoms with van der Waals surface area (Å²) in [6, 6.07) is 15.8. The van der Waals surface area contributed by atoms with E-state index in [0.717, 1.165) is 24.3 Å². The van der Waals surface area contributed by atoms with E-state index in [1.54, 1.807) is 41.2 Å². The van der Waals surface area contributed by atoms with Crippen LogP contribution in [0.2, 0.25) is 0 Å². The summed E-state index contributed by atoms with van der Waals surface area (Å²) in [5.41, 5.74) is 2.16. The lowest BCUT2D eigenvalue weighted by Gasteiger charge is -2.31. The Hall–Kier alpha value is -3.74. The highest BCUT2D eigenvalue weighted by Crippen LogP contribution is 2.23. The number of hydrogen-bond acceptors (Lipinski definition) is 4. The Morgan fingerprint density at radius 3 is 2.67 bits per heavy atom. The molecule has 1 aromatic carbocycles. The zero-order valence-corrected chi connectivity index (χ0v) is 16.3. The van der Waals surface area contributed by atoms with Gasteiger partial charge in [-0.2, -0.15) is 0 Å². The van der Waals surface area contributed by atoms with Crippen molar-refractivity contribution in [3.8, 4) is 0 Å². The number of nitrogens with zero attached hydrogens (tertiary/aromatic N) is 4. The fourth-order valence-electron chi connectivity index (χ4n) is 3.62. The molecule has 1 N–H and O–H groups in total. The number of hydrogen-bond donors (Lipinski definition) is 1. The Kier molecular flexibility index (Phi) is 4.63. The molecule has 0 bridgehead atoms. The average Bonchev–Trinajstić information content (AvgIpc) is 3.09. The summed E-state index contributed by atoms with van der Waals surface area (Å²) in [6.45, 7) is 2.24. The van der Waals surface area contributed by atoms with E-state index in [9.17, 15) is 9.18 Å². The molecular formula is C23H20FN5O. The van der Waals surface area contributed by atoms with Crippen LogP contribution >= 0.6 is 0 Å². The number of pyridine rings is 2. The van der Waals surface area contributed by atoms with Crippen molar-refractivity contribution in [1.29, 1.82) is 0 Å². The molecule has 4 heterocycles. The molecule has 1 aliphatic rings. The number of amides is 1. The van der Waals surface area contributed by atoms with E-state index in [0.29, 0.717) is 22.6 Å². The minimum absolute atomic E-state index is 0.210.